The molecule has 0 unspecified atom stereocenters. The van der Waals surface area contributed by atoms with Crippen molar-refractivity contribution in [3.05, 3.63) is 90.3 Å². The SMILES string of the molecule is CCOc1ccc(C(=O)N(Cc2nc3ccccc3n2-c2ccccc2)CC(C)C)cc1. The highest BCUT2D eigenvalue weighted by Gasteiger charge is 2.21. The Morgan fingerprint density at radius 1 is 0.969 bits per heavy atom. The summed E-state index contributed by atoms with van der Waals surface area (Å²) in [4.78, 5) is 20.3. The van der Waals surface area contributed by atoms with Gasteiger partial charge >= 0.3 is 0 Å². The van der Waals surface area contributed by atoms with Crippen molar-refractivity contribution in [2.75, 3.05) is 13.2 Å². The molecule has 164 valence electrons. The lowest BCUT2D eigenvalue weighted by Gasteiger charge is -2.25. The fourth-order valence-corrected chi connectivity index (χ4v) is 3.92. The van der Waals surface area contributed by atoms with E-state index in [0.29, 0.717) is 31.2 Å². The number of carbonyl (C=O) groups excluding carboxylic acids is 1. The number of hydrogen-bond acceptors (Lipinski definition) is 3. The van der Waals surface area contributed by atoms with Gasteiger partial charge in [0.05, 0.1) is 24.2 Å². The second kappa shape index (κ2) is 9.69. The molecule has 0 fully saturated rings. The van der Waals surface area contributed by atoms with Gasteiger partial charge in [-0.1, -0.05) is 44.2 Å². The molecule has 0 saturated heterocycles. The molecular formula is C27H29N3O2. The van der Waals surface area contributed by atoms with Gasteiger partial charge in [0, 0.05) is 17.8 Å². The molecule has 0 atom stereocenters. The van der Waals surface area contributed by atoms with Crippen LogP contribution in [0.25, 0.3) is 16.7 Å². The maximum absolute atomic E-state index is 13.5. The number of hydrogen-bond donors (Lipinski definition) is 0. The van der Waals surface area contributed by atoms with E-state index in [0.717, 1.165) is 28.3 Å². The molecule has 5 heteroatoms. The molecule has 1 amide bonds. The number of ether oxygens (including phenoxy) is 1. The van der Waals surface area contributed by atoms with Crippen molar-refractivity contribution in [2.45, 2.75) is 27.3 Å². The van der Waals surface area contributed by atoms with E-state index in [1.165, 1.54) is 0 Å². The molecule has 0 saturated carbocycles. The van der Waals surface area contributed by atoms with E-state index in [1.807, 2.05) is 72.5 Å². The van der Waals surface area contributed by atoms with Gasteiger partial charge in [-0.15, -0.1) is 0 Å². The summed E-state index contributed by atoms with van der Waals surface area (Å²) in [6.45, 7) is 7.86. The van der Waals surface area contributed by atoms with Crippen LogP contribution in [0.15, 0.2) is 78.9 Å². The predicted octanol–water partition coefficient (Wildman–Crippen LogP) is 5.72. The van der Waals surface area contributed by atoms with Crippen LogP contribution in [0.3, 0.4) is 0 Å². The van der Waals surface area contributed by atoms with Crippen LogP contribution in [0.1, 0.15) is 37.0 Å². The minimum atomic E-state index is -0.00610. The number of benzene rings is 3. The first kappa shape index (κ1) is 21.6. The average Bonchev–Trinajstić information content (AvgIpc) is 3.17. The van der Waals surface area contributed by atoms with Gasteiger partial charge in [-0.05, 0) is 61.4 Å². The zero-order valence-electron chi connectivity index (χ0n) is 18.9. The quantitative estimate of drug-likeness (QED) is 0.361. The minimum Gasteiger partial charge on any atom is -0.494 e. The van der Waals surface area contributed by atoms with Crippen LogP contribution in [0.4, 0.5) is 0 Å². The predicted molar refractivity (Wildman–Crippen MR) is 128 cm³/mol. The molecule has 4 rings (SSSR count). The van der Waals surface area contributed by atoms with E-state index < -0.39 is 0 Å². The number of amides is 1. The zero-order chi connectivity index (χ0) is 22.5. The molecule has 0 radical (unpaired) electrons. The van der Waals surface area contributed by atoms with Crippen LogP contribution < -0.4 is 4.74 Å². The smallest absolute Gasteiger partial charge is 0.254 e. The third-order valence-corrected chi connectivity index (χ3v) is 5.26. The number of imidazole rings is 1. The van der Waals surface area contributed by atoms with Gasteiger partial charge in [0.25, 0.3) is 5.91 Å². The van der Waals surface area contributed by atoms with Crippen LogP contribution >= 0.6 is 0 Å². The molecule has 0 aliphatic rings. The van der Waals surface area contributed by atoms with Gasteiger partial charge in [-0.3, -0.25) is 9.36 Å². The second-order valence-electron chi connectivity index (χ2n) is 8.22. The zero-order valence-corrected chi connectivity index (χ0v) is 18.9. The Hall–Kier alpha value is -3.60. The number of fused-ring (bicyclic) bond motifs is 1. The molecule has 1 aromatic heterocycles. The van der Waals surface area contributed by atoms with Crippen molar-refractivity contribution >= 4 is 16.9 Å². The van der Waals surface area contributed by atoms with Crippen LogP contribution in [0, 0.1) is 5.92 Å². The Balaban J connectivity index is 1.71. The Labute approximate surface area is 189 Å². The van der Waals surface area contributed by atoms with Crippen LogP contribution in [0.5, 0.6) is 5.75 Å². The van der Waals surface area contributed by atoms with Crippen molar-refractivity contribution in [1.82, 2.24) is 14.5 Å². The maximum Gasteiger partial charge on any atom is 0.254 e. The van der Waals surface area contributed by atoms with Crippen LogP contribution in [0.2, 0.25) is 0 Å². The van der Waals surface area contributed by atoms with E-state index in [1.54, 1.807) is 0 Å². The van der Waals surface area contributed by atoms with Crippen LogP contribution in [-0.4, -0.2) is 33.5 Å². The summed E-state index contributed by atoms with van der Waals surface area (Å²) >= 11 is 0. The second-order valence-corrected chi connectivity index (χ2v) is 8.22. The normalized spacial score (nSPS) is 11.1. The summed E-state index contributed by atoms with van der Waals surface area (Å²) in [6.07, 6.45) is 0. The van der Waals surface area contributed by atoms with Crippen LogP contribution in [-0.2, 0) is 6.54 Å². The fourth-order valence-electron chi connectivity index (χ4n) is 3.92. The average molecular weight is 428 g/mol. The summed E-state index contributed by atoms with van der Waals surface area (Å²) in [5, 5.41) is 0. The molecule has 0 N–H and O–H groups in total. The first-order chi connectivity index (χ1) is 15.6. The third-order valence-electron chi connectivity index (χ3n) is 5.26. The van der Waals surface area contributed by atoms with E-state index in [2.05, 4.69) is 36.6 Å². The molecule has 32 heavy (non-hydrogen) atoms. The number of aromatic nitrogens is 2. The molecule has 1 heterocycles. The maximum atomic E-state index is 13.5. The lowest BCUT2D eigenvalue weighted by atomic mass is 10.1. The van der Waals surface area contributed by atoms with E-state index in [4.69, 9.17) is 9.72 Å². The topological polar surface area (TPSA) is 47.4 Å². The minimum absolute atomic E-state index is 0.00610. The van der Waals surface area contributed by atoms with Gasteiger partial charge in [0.1, 0.15) is 11.6 Å². The Kier molecular flexibility index (Phi) is 6.55. The van der Waals surface area contributed by atoms with Gasteiger partial charge < -0.3 is 9.64 Å². The third kappa shape index (κ3) is 4.67. The lowest BCUT2D eigenvalue weighted by molar-refractivity contribution is 0.0717. The van der Waals surface area contributed by atoms with E-state index >= 15 is 0 Å². The van der Waals surface area contributed by atoms with Crippen molar-refractivity contribution in [3.63, 3.8) is 0 Å². The summed E-state index contributed by atoms with van der Waals surface area (Å²) in [6, 6.07) is 25.6. The number of carbonyl (C=O) groups is 1. The van der Waals surface area contributed by atoms with E-state index in [-0.39, 0.29) is 5.91 Å². The molecular weight excluding hydrogens is 398 g/mol. The highest BCUT2D eigenvalue weighted by atomic mass is 16.5. The molecule has 4 aromatic rings. The van der Waals surface area contributed by atoms with Gasteiger partial charge in [-0.25, -0.2) is 4.98 Å². The van der Waals surface area contributed by atoms with Crippen molar-refractivity contribution in [2.24, 2.45) is 5.92 Å². The lowest BCUT2D eigenvalue weighted by Crippen LogP contribution is -2.34. The molecule has 0 spiro atoms. The Bertz CT molecular complexity index is 1180. The molecule has 0 aliphatic heterocycles. The van der Waals surface area contributed by atoms with Crippen molar-refractivity contribution in [3.8, 4) is 11.4 Å². The van der Waals surface area contributed by atoms with Crippen molar-refractivity contribution < 1.29 is 9.53 Å². The van der Waals surface area contributed by atoms with Gasteiger partial charge in [-0.2, -0.15) is 0 Å². The first-order valence-electron chi connectivity index (χ1n) is 11.1. The standard InChI is InChI=1S/C27H29N3O2/c1-4-32-23-16-14-21(15-17-23)27(31)29(18-20(2)3)19-26-28-24-12-8-9-13-25(24)30(26)22-10-6-5-7-11-22/h5-17,20H,4,18-19H2,1-3H3. The molecule has 0 bridgehead atoms. The monoisotopic (exact) mass is 427 g/mol. The van der Waals surface area contributed by atoms with Gasteiger partial charge in [0.15, 0.2) is 0 Å². The summed E-state index contributed by atoms with van der Waals surface area (Å²) in [7, 11) is 0. The van der Waals surface area contributed by atoms with Crippen molar-refractivity contribution in [1.29, 1.82) is 0 Å². The highest BCUT2D eigenvalue weighted by Crippen LogP contribution is 2.24. The highest BCUT2D eigenvalue weighted by molar-refractivity contribution is 5.94. The number of nitrogens with zero attached hydrogens (tertiary/aromatic N) is 3. The molecule has 5 nitrogen and oxygen atoms in total. The summed E-state index contributed by atoms with van der Waals surface area (Å²) < 4.78 is 7.67. The Morgan fingerprint density at radius 2 is 1.66 bits per heavy atom. The fraction of sp³-hybridized carbons (Fsp3) is 0.259. The largest absolute Gasteiger partial charge is 0.494 e. The number of rotatable bonds is 8. The molecule has 0 aliphatic carbocycles. The first-order valence-corrected chi connectivity index (χ1v) is 11.1. The molecule has 3 aromatic carbocycles. The van der Waals surface area contributed by atoms with Gasteiger partial charge in [0.2, 0.25) is 0 Å². The summed E-state index contributed by atoms with van der Waals surface area (Å²) in [5.74, 6) is 1.94. The van der Waals surface area contributed by atoms with E-state index in [9.17, 15) is 4.79 Å². The Morgan fingerprint density at radius 3 is 2.34 bits per heavy atom. The number of para-hydroxylation sites is 3. The summed E-state index contributed by atoms with van der Waals surface area (Å²) in [5.41, 5.74) is 3.64.